The third-order valence-electron chi connectivity index (χ3n) is 3.17. The predicted octanol–water partition coefficient (Wildman–Crippen LogP) is 2.20. The van der Waals surface area contributed by atoms with E-state index in [1.54, 1.807) is 0 Å². The zero-order chi connectivity index (χ0) is 11.8. The molecular formula is C14H14N2S. The van der Waals surface area contributed by atoms with Crippen LogP contribution in [0.25, 0.3) is 17.8 Å². The van der Waals surface area contributed by atoms with E-state index in [1.807, 2.05) is 0 Å². The number of aromatic nitrogens is 2. The maximum absolute atomic E-state index is 5.43. The zero-order valence-electron chi connectivity index (χ0n) is 9.73. The molecule has 0 amide bonds. The molecule has 1 heterocycles. The van der Waals surface area contributed by atoms with Crippen molar-refractivity contribution in [2.45, 2.75) is 19.8 Å². The molecule has 3 rings (SSSR count). The molecule has 1 aliphatic carbocycles. The highest BCUT2D eigenvalue weighted by molar-refractivity contribution is 7.71. The second-order valence-electron chi connectivity index (χ2n) is 4.34. The molecule has 86 valence electrons. The highest BCUT2D eigenvalue weighted by Gasteiger charge is 2.06. The van der Waals surface area contributed by atoms with Crippen LogP contribution >= 0.6 is 12.2 Å². The third-order valence-corrected chi connectivity index (χ3v) is 3.46. The van der Waals surface area contributed by atoms with Crippen molar-refractivity contribution in [3.8, 4) is 5.69 Å². The molecule has 0 radical (unpaired) electrons. The van der Waals surface area contributed by atoms with E-state index in [2.05, 4.69) is 52.9 Å². The van der Waals surface area contributed by atoms with Crippen LogP contribution in [-0.4, -0.2) is 9.55 Å². The number of hydrogen-bond donors (Lipinski definition) is 1. The molecule has 0 aliphatic heterocycles. The standard InChI is InChI=1S/C14H14N2S/c1-10-6-2-4-8-12(10)16-13-9-5-3-7-11(13)15-14(16)17/h2,4,6-9H,3,5H2,1H3,(H,15,17). The number of fused-ring (bicyclic) bond motifs is 1. The monoisotopic (exact) mass is 242 g/mol. The van der Waals surface area contributed by atoms with Crippen LogP contribution in [0.15, 0.2) is 24.3 Å². The van der Waals surface area contributed by atoms with Gasteiger partial charge >= 0.3 is 0 Å². The molecule has 0 unspecified atom stereocenters. The number of imidazole rings is 1. The minimum Gasteiger partial charge on any atom is -0.331 e. The fraction of sp³-hybridized carbons (Fsp3) is 0.214. The number of aryl methyl sites for hydroxylation is 1. The molecule has 0 fully saturated rings. The summed E-state index contributed by atoms with van der Waals surface area (Å²) in [6, 6.07) is 8.33. The van der Waals surface area contributed by atoms with Crippen molar-refractivity contribution in [1.29, 1.82) is 0 Å². The first kappa shape index (κ1) is 10.5. The van der Waals surface area contributed by atoms with Crippen LogP contribution in [0.2, 0.25) is 0 Å². The van der Waals surface area contributed by atoms with Crippen LogP contribution < -0.4 is 10.7 Å². The van der Waals surface area contributed by atoms with Gasteiger partial charge in [0.05, 0.1) is 16.4 Å². The number of hydrogen-bond acceptors (Lipinski definition) is 1. The summed E-state index contributed by atoms with van der Waals surface area (Å²) in [6.45, 7) is 2.11. The molecule has 2 nitrogen and oxygen atoms in total. The summed E-state index contributed by atoms with van der Waals surface area (Å²) in [6.07, 6.45) is 6.66. The highest BCUT2D eigenvalue weighted by atomic mass is 32.1. The Kier molecular flexibility index (Phi) is 2.48. The molecule has 1 aromatic heterocycles. The second-order valence-corrected chi connectivity index (χ2v) is 4.72. The number of nitrogens with one attached hydrogen (secondary N) is 1. The van der Waals surface area contributed by atoms with Gasteiger partial charge in [-0.05, 0) is 43.6 Å². The Morgan fingerprint density at radius 3 is 2.76 bits per heavy atom. The lowest BCUT2D eigenvalue weighted by atomic mass is 10.2. The van der Waals surface area contributed by atoms with Crippen LogP contribution in [-0.2, 0) is 0 Å². The molecule has 1 aromatic carbocycles. The number of nitrogens with zero attached hydrogens (tertiary/aromatic N) is 1. The van der Waals surface area contributed by atoms with E-state index in [0.717, 1.165) is 23.0 Å². The number of aromatic amines is 1. The SMILES string of the molecule is Cc1ccccc1-n1c(=S)[nH]c2c1=CCCC=2. The van der Waals surface area contributed by atoms with Gasteiger partial charge in [0.1, 0.15) is 0 Å². The summed E-state index contributed by atoms with van der Waals surface area (Å²) in [5, 5.41) is 2.36. The van der Waals surface area contributed by atoms with Crippen molar-refractivity contribution in [2.24, 2.45) is 0 Å². The molecule has 0 bridgehead atoms. The number of rotatable bonds is 1. The molecule has 0 atom stereocenters. The molecule has 1 aliphatic rings. The Morgan fingerprint density at radius 2 is 1.94 bits per heavy atom. The summed E-state index contributed by atoms with van der Waals surface area (Å²) in [5.74, 6) is 0. The maximum atomic E-state index is 5.43. The van der Waals surface area contributed by atoms with E-state index in [4.69, 9.17) is 12.2 Å². The summed E-state index contributed by atoms with van der Waals surface area (Å²) >= 11 is 5.43. The second kappa shape index (κ2) is 4.00. The molecule has 1 N–H and O–H groups in total. The molecule has 2 aromatic rings. The zero-order valence-corrected chi connectivity index (χ0v) is 10.6. The van der Waals surface area contributed by atoms with Crippen LogP contribution in [0.4, 0.5) is 0 Å². The minimum absolute atomic E-state index is 0.777. The number of H-pyrrole nitrogens is 1. The van der Waals surface area contributed by atoms with Crippen LogP contribution in [0.5, 0.6) is 0 Å². The van der Waals surface area contributed by atoms with Gasteiger partial charge in [-0.25, -0.2) is 0 Å². The van der Waals surface area contributed by atoms with Crippen molar-refractivity contribution in [2.75, 3.05) is 0 Å². The predicted molar refractivity (Wildman–Crippen MR) is 73.1 cm³/mol. The quantitative estimate of drug-likeness (QED) is 0.760. The molecule has 0 saturated heterocycles. The summed E-state index contributed by atoms with van der Waals surface area (Å²) in [5.41, 5.74) is 2.41. The fourth-order valence-electron chi connectivity index (χ4n) is 2.32. The minimum atomic E-state index is 0.777. The van der Waals surface area contributed by atoms with E-state index in [9.17, 15) is 0 Å². The summed E-state index contributed by atoms with van der Waals surface area (Å²) in [4.78, 5) is 3.28. The Labute approximate surface area is 105 Å². The van der Waals surface area contributed by atoms with Gasteiger partial charge in [-0.3, -0.25) is 4.57 Å². The van der Waals surface area contributed by atoms with Crippen molar-refractivity contribution in [1.82, 2.24) is 9.55 Å². The largest absolute Gasteiger partial charge is 0.331 e. The Morgan fingerprint density at radius 1 is 1.18 bits per heavy atom. The van der Waals surface area contributed by atoms with E-state index in [0.29, 0.717) is 0 Å². The maximum Gasteiger partial charge on any atom is 0.182 e. The van der Waals surface area contributed by atoms with Crippen LogP contribution in [0, 0.1) is 11.7 Å². The molecular weight excluding hydrogens is 228 g/mol. The highest BCUT2D eigenvalue weighted by Crippen LogP contribution is 2.11. The Balaban J connectivity index is 2.42. The van der Waals surface area contributed by atoms with E-state index < -0.39 is 0 Å². The molecule has 0 spiro atoms. The molecule has 3 heteroatoms. The topological polar surface area (TPSA) is 20.7 Å². The average molecular weight is 242 g/mol. The normalized spacial score (nSPS) is 13.7. The van der Waals surface area contributed by atoms with Gasteiger partial charge in [-0.2, -0.15) is 0 Å². The van der Waals surface area contributed by atoms with Gasteiger partial charge in [0.2, 0.25) is 0 Å². The molecule has 0 saturated carbocycles. The summed E-state index contributed by atoms with van der Waals surface area (Å²) < 4.78 is 2.91. The van der Waals surface area contributed by atoms with Crippen LogP contribution in [0.3, 0.4) is 0 Å². The number of para-hydroxylation sites is 1. The van der Waals surface area contributed by atoms with E-state index in [-0.39, 0.29) is 0 Å². The lowest BCUT2D eigenvalue weighted by Gasteiger charge is -2.07. The van der Waals surface area contributed by atoms with Gasteiger partial charge in [0.25, 0.3) is 0 Å². The van der Waals surface area contributed by atoms with Gasteiger partial charge in [0, 0.05) is 0 Å². The molecule has 17 heavy (non-hydrogen) atoms. The van der Waals surface area contributed by atoms with Crippen molar-refractivity contribution < 1.29 is 0 Å². The summed E-state index contributed by atoms with van der Waals surface area (Å²) in [7, 11) is 0. The Bertz CT molecular complexity index is 734. The average Bonchev–Trinajstić information content (AvgIpc) is 2.66. The first-order chi connectivity index (χ1) is 8.27. The van der Waals surface area contributed by atoms with Gasteiger partial charge in [-0.15, -0.1) is 0 Å². The number of benzene rings is 1. The van der Waals surface area contributed by atoms with E-state index in [1.165, 1.54) is 16.6 Å². The van der Waals surface area contributed by atoms with Crippen molar-refractivity contribution in [3.63, 3.8) is 0 Å². The van der Waals surface area contributed by atoms with E-state index >= 15 is 0 Å². The lowest BCUT2D eigenvalue weighted by Crippen LogP contribution is -2.31. The van der Waals surface area contributed by atoms with Crippen molar-refractivity contribution >= 4 is 24.4 Å². The third kappa shape index (κ3) is 1.67. The van der Waals surface area contributed by atoms with Crippen molar-refractivity contribution in [3.05, 3.63) is 45.3 Å². The first-order valence-corrected chi connectivity index (χ1v) is 6.25. The Hall–Kier alpha value is -1.61. The lowest BCUT2D eigenvalue weighted by molar-refractivity contribution is 0.970. The first-order valence-electron chi connectivity index (χ1n) is 5.85. The van der Waals surface area contributed by atoms with Gasteiger partial charge in [-0.1, -0.05) is 30.4 Å². The fourth-order valence-corrected chi connectivity index (χ4v) is 2.63. The smallest absolute Gasteiger partial charge is 0.182 e. The van der Waals surface area contributed by atoms with Gasteiger partial charge in [0.15, 0.2) is 4.77 Å². The van der Waals surface area contributed by atoms with Crippen LogP contribution in [0.1, 0.15) is 18.4 Å². The van der Waals surface area contributed by atoms with Gasteiger partial charge < -0.3 is 4.98 Å².